The van der Waals surface area contributed by atoms with Crippen LogP contribution in [0.4, 0.5) is 0 Å². The van der Waals surface area contributed by atoms with Crippen molar-refractivity contribution in [2.24, 2.45) is 0 Å². The molecule has 0 spiro atoms. The highest BCUT2D eigenvalue weighted by atomic mass is 16.6. The molecule has 1 heterocycles. The van der Waals surface area contributed by atoms with Gasteiger partial charge in [-0.1, -0.05) is 44.0 Å². The fourth-order valence-corrected chi connectivity index (χ4v) is 2.80. The molecule has 0 bridgehead atoms. The van der Waals surface area contributed by atoms with Crippen LogP contribution in [0.3, 0.4) is 0 Å². The van der Waals surface area contributed by atoms with Crippen LogP contribution in [0.25, 0.3) is 0 Å². The van der Waals surface area contributed by atoms with Crippen LogP contribution in [-0.2, 0) is 0 Å². The van der Waals surface area contributed by atoms with E-state index >= 15 is 0 Å². The van der Waals surface area contributed by atoms with E-state index in [1.165, 1.54) is 19.3 Å². The van der Waals surface area contributed by atoms with Crippen molar-refractivity contribution in [1.29, 1.82) is 0 Å². The summed E-state index contributed by atoms with van der Waals surface area (Å²) in [5, 5.41) is 0. The largest absolute Gasteiger partial charge is 0.497 e. The van der Waals surface area contributed by atoms with Crippen LogP contribution >= 0.6 is 0 Å². The molecule has 24 heavy (non-hydrogen) atoms. The van der Waals surface area contributed by atoms with Crippen molar-refractivity contribution < 1.29 is 14.2 Å². The summed E-state index contributed by atoms with van der Waals surface area (Å²) in [7, 11) is 1.67. The number of methoxy groups -OCH3 is 1. The van der Waals surface area contributed by atoms with Gasteiger partial charge in [-0.15, -0.1) is 0 Å². The van der Waals surface area contributed by atoms with Gasteiger partial charge in [0.05, 0.1) is 7.11 Å². The lowest BCUT2D eigenvalue weighted by molar-refractivity contribution is 0.147. The van der Waals surface area contributed by atoms with Crippen LogP contribution in [0.15, 0.2) is 60.4 Å². The molecule has 3 nitrogen and oxygen atoms in total. The first-order chi connectivity index (χ1) is 11.8. The number of unbranched alkanes of at least 4 members (excludes halogenated alkanes) is 3. The molecule has 1 aliphatic heterocycles. The van der Waals surface area contributed by atoms with E-state index in [0.29, 0.717) is 0 Å². The summed E-state index contributed by atoms with van der Waals surface area (Å²) in [5.74, 6) is 3.27. The Morgan fingerprint density at radius 1 is 1.00 bits per heavy atom. The number of para-hydroxylation sites is 2. The van der Waals surface area contributed by atoms with E-state index in [1.807, 2.05) is 48.5 Å². The maximum absolute atomic E-state index is 6.23. The molecule has 3 heteroatoms. The number of benzene rings is 2. The molecule has 2 aromatic carbocycles. The van der Waals surface area contributed by atoms with E-state index in [9.17, 15) is 0 Å². The molecule has 126 valence electrons. The molecule has 1 aliphatic rings. The zero-order valence-corrected chi connectivity index (χ0v) is 14.3. The van der Waals surface area contributed by atoms with Gasteiger partial charge in [0.2, 0.25) is 0 Å². The van der Waals surface area contributed by atoms with E-state index in [1.54, 1.807) is 7.11 Å². The zero-order valence-electron chi connectivity index (χ0n) is 14.3. The summed E-state index contributed by atoms with van der Waals surface area (Å²) in [5.41, 5.74) is 1.06. The minimum Gasteiger partial charge on any atom is -0.497 e. The number of hydrogen-bond acceptors (Lipinski definition) is 3. The van der Waals surface area contributed by atoms with Crippen LogP contribution in [0, 0.1) is 0 Å². The molecular formula is C21H24O3. The molecule has 1 atom stereocenters. The Kier molecular flexibility index (Phi) is 5.42. The minimum atomic E-state index is -0.215. The predicted molar refractivity (Wildman–Crippen MR) is 95.7 cm³/mol. The molecular weight excluding hydrogens is 300 g/mol. The Bertz CT molecular complexity index is 688. The predicted octanol–water partition coefficient (Wildman–Crippen LogP) is 5.67. The molecule has 0 aromatic heterocycles. The second-order valence-corrected chi connectivity index (χ2v) is 5.92. The Balaban J connectivity index is 1.87. The van der Waals surface area contributed by atoms with Crippen LogP contribution in [-0.4, -0.2) is 7.11 Å². The lowest BCUT2D eigenvalue weighted by atomic mass is 10.0. The lowest BCUT2D eigenvalue weighted by Crippen LogP contribution is -2.19. The summed E-state index contributed by atoms with van der Waals surface area (Å²) in [4.78, 5) is 0. The van der Waals surface area contributed by atoms with Crippen molar-refractivity contribution in [3.8, 4) is 17.2 Å². The summed E-state index contributed by atoms with van der Waals surface area (Å²) >= 11 is 0. The lowest BCUT2D eigenvalue weighted by Gasteiger charge is -2.29. The number of ether oxygens (including phenoxy) is 3. The Morgan fingerprint density at radius 3 is 2.46 bits per heavy atom. The van der Waals surface area contributed by atoms with E-state index in [0.717, 1.165) is 35.0 Å². The number of hydrogen-bond donors (Lipinski definition) is 0. The smallest absolute Gasteiger partial charge is 0.181 e. The van der Waals surface area contributed by atoms with Crippen molar-refractivity contribution in [3.63, 3.8) is 0 Å². The first kappa shape index (κ1) is 16.4. The van der Waals surface area contributed by atoms with Crippen molar-refractivity contribution in [2.75, 3.05) is 7.11 Å². The second kappa shape index (κ2) is 7.91. The van der Waals surface area contributed by atoms with Gasteiger partial charge in [-0.2, -0.15) is 0 Å². The van der Waals surface area contributed by atoms with E-state index in [-0.39, 0.29) is 6.10 Å². The van der Waals surface area contributed by atoms with Gasteiger partial charge in [0.1, 0.15) is 11.5 Å². The van der Waals surface area contributed by atoms with Crippen LogP contribution in [0.5, 0.6) is 17.2 Å². The van der Waals surface area contributed by atoms with Gasteiger partial charge in [0.15, 0.2) is 17.6 Å². The molecule has 1 unspecified atom stereocenters. The summed E-state index contributed by atoms with van der Waals surface area (Å²) in [6.07, 6.45) is 6.56. The number of fused-ring (bicyclic) bond motifs is 1. The topological polar surface area (TPSA) is 27.7 Å². The number of allylic oxidation sites excluding steroid dienone is 1. The van der Waals surface area contributed by atoms with Crippen molar-refractivity contribution in [3.05, 3.63) is 65.9 Å². The summed E-state index contributed by atoms with van der Waals surface area (Å²) in [6.45, 7) is 2.21. The molecule has 0 N–H and O–H groups in total. The summed E-state index contributed by atoms with van der Waals surface area (Å²) in [6, 6.07) is 15.8. The maximum Gasteiger partial charge on any atom is 0.181 e. The highest BCUT2D eigenvalue weighted by molar-refractivity contribution is 5.45. The van der Waals surface area contributed by atoms with Gasteiger partial charge in [0, 0.05) is 5.56 Å². The SMILES string of the molecule is CCCCC/C=C1\Oc2ccccc2OC1c1ccc(OC)cc1. The molecule has 0 saturated carbocycles. The van der Waals surface area contributed by atoms with Gasteiger partial charge >= 0.3 is 0 Å². The third kappa shape index (κ3) is 3.73. The van der Waals surface area contributed by atoms with Gasteiger partial charge < -0.3 is 14.2 Å². The Labute approximate surface area is 143 Å². The zero-order chi connectivity index (χ0) is 16.8. The molecule has 0 saturated heterocycles. The van der Waals surface area contributed by atoms with Gasteiger partial charge in [-0.3, -0.25) is 0 Å². The monoisotopic (exact) mass is 324 g/mol. The highest BCUT2D eigenvalue weighted by Gasteiger charge is 2.27. The molecule has 2 aromatic rings. The maximum atomic E-state index is 6.23. The van der Waals surface area contributed by atoms with Crippen molar-refractivity contribution >= 4 is 0 Å². The first-order valence-corrected chi connectivity index (χ1v) is 8.59. The van der Waals surface area contributed by atoms with E-state index < -0.39 is 0 Å². The highest BCUT2D eigenvalue weighted by Crippen LogP contribution is 2.41. The third-order valence-electron chi connectivity index (χ3n) is 4.15. The fraction of sp³-hybridized carbons (Fsp3) is 0.333. The van der Waals surface area contributed by atoms with Crippen LogP contribution in [0.1, 0.15) is 44.3 Å². The normalized spacial score (nSPS) is 17.8. The minimum absolute atomic E-state index is 0.215. The second-order valence-electron chi connectivity index (χ2n) is 5.92. The molecule has 0 fully saturated rings. The fourth-order valence-electron chi connectivity index (χ4n) is 2.80. The van der Waals surface area contributed by atoms with Crippen LogP contribution < -0.4 is 14.2 Å². The standard InChI is InChI=1S/C21H24O3/c1-3-4-5-6-11-20-21(16-12-14-17(22-2)15-13-16)24-19-10-8-7-9-18(19)23-20/h7-15,21H,3-6H2,1-2H3/b20-11-. The van der Waals surface area contributed by atoms with Crippen molar-refractivity contribution in [1.82, 2.24) is 0 Å². The third-order valence-corrected chi connectivity index (χ3v) is 4.15. The van der Waals surface area contributed by atoms with Gasteiger partial charge in [-0.25, -0.2) is 0 Å². The average molecular weight is 324 g/mol. The van der Waals surface area contributed by atoms with E-state index in [2.05, 4.69) is 13.0 Å². The molecule has 3 rings (SSSR count). The summed E-state index contributed by atoms with van der Waals surface area (Å²) < 4.78 is 17.6. The molecule has 0 aliphatic carbocycles. The van der Waals surface area contributed by atoms with Crippen LogP contribution in [0.2, 0.25) is 0 Å². The quantitative estimate of drug-likeness (QED) is 0.641. The molecule has 0 amide bonds. The van der Waals surface area contributed by atoms with Gasteiger partial charge in [-0.05, 0) is 43.2 Å². The Hall–Kier alpha value is -2.42. The Morgan fingerprint density at radius 2 is 1.75 bits per heavy atom. The van der Waals surface area contributed by atoms with Crippen molar-refractivity contribution in [2.45, 2.75) is 38.7 Å². The van der Waals surface area contributed by atoms with E-state index in [4.69, 9.17) is 14.2 Å². The molecule has 0 radical (unpaired) electrons. The number of rotatable bonds is 6. The first-order valence-electron chi connectivity index (χ1n) is 8.59. The average Bonchev–Trinajstić information content (AvgIpc) is 2.64. The van der Waals surface area contributed by atoms with Gasteiger partial charge in [0.25, 0.3) is 0 Å².